The van der Waals surface area contributed by atoms with Crippen molar-refractivity contribution in [2.45, 2.75) is 65.3 Å². The standard InChI is InChI=1S/C30H36N4O3S2/c1-4-5-17-33-27(32-15-8-6-7-9-16-32)24(21(2)25(20-31)28(33)35)19-26-29(36)34(30(38)39-26)18-14-22-10-12-23(37-3)13-11-22/h10-13,19H,4-9,14-18H2,1-3H3/b26-19+. The third kappa shape index (κ3) is 6.39. The van der Waals surface area contributed by atoms with Gasteiger partial charge in [0.15, 0.2) is 0 Å². The second-order valence-corrected chi connectivity index (χ2v) is 11.7. The summed E-state index contributed by atoms with van der Waals surface area (Å²) in [6.45, 7) is 6.63. The average molecular weight is 565 g/mol. The van der Waals surface area contributed by atoms with Gasteiger partial charge in [0.2, 0.25) is 0 Å². The number of rotatable bonds is 9. The molecule has 0 bridgehead atoms. The summed E-state index contributed by atoms with van der Waals surface area (Å²) in [4.78, 5) is 31.5. The highest BCUT2D eigenvalue weighted by Gasteiger charge is 2.33. The van der Waals surface area contributed by atoms with Crippen molar-refractivity contribution in [3.63, 3.8) is 0 Å². The first-order chi connectivity index (χ1) is 18.9. The van der Waals surface area contributed by atoms with Gasteiger partial charge in [-0.05, 0) is 61.9 Å². The molecule has 0 N–H and O–H groups in total. The Morgan fingerprint density at radius 3 is 2.41 bits per heavy atom. The fourth-order valence-corrected chi connectivity index (χ4v) is 6.44. The zero-order valence-electron chi connectivity index (χ0n) is 23.0. The molecule has 7 nitrogen and oxygen atoms in total. The predicted octanol–water partition coefficient (Wildman–Crippen LogP) is 5.66. The molecule has 2 aliphatic rings. The second kappa shape index (κ2) is 13.3. The van der Waals surface area contributed by atoms with Gasteiger partial charge in [-0.15, -0.1) is 0 Å². The number of ether oxygens (including phenoxy) is 1. The van der Waals surface area contributed by atoms with Crippen molar-refractivity contribution in [3.05, 3.63) is 61.8 Å². The van der Waals surface area contributed by atoms with Gasteiger partial charge in [0.05, 0.1) is 12.0 Å². The number of anilines is 1. The van der Waals surface area contributed by atoms with Crippen LogP contribution in [0.4, 0.5) is 5.82 Å². The highest BCUT2D eigenvalue weighted by atomic mass is 32.2. The number of hydrogen-bond acceptors (Lipinski definition) is 7. The molecule has 206 valence electrons. The minimum Gasteiger partial charge on any atom is -0.497 e. The summed E-state index contributed by atoms with van der Waals surface area (Å²) in [7, 11) is 1.64. The number of benzene rings is 1. The Morgan fingerprint density at radius 2 is 1.79 bits per heavy atom. The Labute approximate surface area is 240 Å². The zero-order chi connectivity index (χ0) is 27.9. The van der Waals surface area contributed by atoms with E-state index in [1.54, 1.807) is 16.6 Å². The van der Waals surface area contributed by atoms with Crippen molar-refractivity contribution >= 4 is 46.1 Å². The largest absolute Gasteiger partial charge is 0.497 e. The van der Waals surface area contributed by atoms with Gasteiger partial charge in [-0.2, -0.15) is 5.26 Å². The summed E-state index contributed by atoms with van der Waals surface area (Å²) in [6, 6.07) is 9.95. The van der Waals surface area contributed by atoms with Crippen molar-refractivity contribution in [1.29, 1.82) is 5.26 Å². The summed E-state index contributed by atoms with van der Waals surface area (Å²) in [6.07, 6.45) is 8.72. The van der Waals surface area contributed by atoms with Crippen molar-refractivity contribution in [2.24, 2.45) is 0 Å². The van der Waals surface area contributed by atoms with Crippen LogP contribution in [0.25, 0.3) is 6.08 Å². The molecular formula is C30H36N4O3S2. The summed E-state index contributed by atoms with van der Waals surface area (Å²) in [5.74, 6) is 1.49. The minimum absolute atomic E-state index is 0.135. The third-order valence-electron chi connectivity index (χ3n) is 7.42. The first kappa shape index (κ1) is 28.9. The van der Waals surface area contributed by atoms with E-state index >= 15 is 0 Å². The Kier molecular flexibility index (Phi) is 9.87. The van der Waals surface area contributed by atoms with Crippen LogP contribution in [-0.4, -0.2) is 46.4 Å². The number of methoxy groups -OCH3 is 1. The first-order valence-electron chi connectivity index (χ1n) is 13.7. The Morgan fingerprint density at radius 1 is 1.10 bits per heavy atom. The summed E-state index contributed by atoms with van der Waals surface area (Å²) >= 11 is 6.90. The summed E-state index contributed by atoms with van der Waals surface area (Å²) in [5.41, 5.74) is 2.39. The van der Waals surface area contributed by atoms with Crippen LogP contribution in [0.2, 0.25) is 0 Å². The van der Waals surface area contributed by atoms with Crippen LogP contribution >= 0.6 is 24.0 Å². The molecule has 4 rings (SSSR count). The van der Waals surface area contributed by atoms with Crippen LogP contribution in [0, 0.1) is 18.3 Å². The van der Waals surface area contributed by atoms with Gasteiger partial charge >= 0.3 is 0 Å². The van der Waals surface area contributed by atoms with Gasteiger partial charge in [-0.1, -0.05) is 62.3 Å². The Hall–Kier alpha value is -3.09. The van der Waals surface area contributed by atoms with Crippen LogP contribution < -0.4 is 15.2 Å². The van der Waals surface area contributed by atoms with E-state index in [4.69, 9.17) is 17.0 Å². The van der Waals surface area contributed by atoms with Crippen LogP contribution in [0.1, 0.15) is 67.7 Å². The van der Waals surface area contributed by atoms with Gasteiger partial charge in [0.1, 0.15) is 27.5 Å². The van der Waals surface area contributed by atoms with Crippen molar-refractivity contribution in [1.82, 2.24) is 9.47 Å². The topological polar surface area (TPSA) is 78.6 Å². The molecule has 0 radical (unpaired) electrons. The normalized spacial score (nSPS) is 17.0. The smallest absolute Gasteiger partial charge is 0.270 e. The molecule has 2 fully saturated rings. The lowest BCUT2D eigenvalue weighted by molar-refractivity contribution is -0.122. The molecule has 0 unspecified atom stereocenters. The van der Waals surface area contributed by atoms with E-state index in [1.807, 2.05) is 37.3 Å². The number of hydrogen-bond donors (Lipinski definition) is 0. The molecule has 1 aromatic heterocycles. The van der Waals surface area contributed by atoms with E-state index < -0.39 is 0 Å². The molecule has 0 saturated carbocycles. The maximum absolute atomic E-state index is 13.6. The summed E-state index contributed by atoms with van der Waals surface area (Å²) < 4.78 is 7.53. The number of aromatic nitrogens is 1. The number of thiocarbonyl (C=S) groups is 1. The average Bonchev–Trinajstić information content (AvgIpc) is 3.10. The lowest BCUT2D eigenvalue weighted by Crippen LogP contribution is -2.35. The molecular weight excluding hydrogens is 528 g/mol. The van der Waals surface area contributed by atoms with Crippen molar-refractivity contribution < 1.29 is 9.53 Å². The molecule has 39 heavy (non-hydrogen) atoms. The van der Waals surface area contributed by atoms with E-state index in [0.717, 1.165) is 74.3 Å². The number of nitriles is 1. The quantitative estimate of drug-likeness (QED) is 0.287. The molecule has 2 aliphatic heterocycles. The Bertz CT molecular complexity index is 1350. The lowest BCUT2D eigenvalue weighted by Gasteiger charge is -2.29. The van der Waals surface area contributed by atoms with Gasteiger partial charge in [-0.25, -0.2) is 0 Å². The predicted molar refractivity (Wildman–Crippen MR) is 162 cm³/mol. The van der Waals surface area contributed by atoms with Gasteiger partial charge in [0.25, 0.3) is 11.5 Å². The molecule has 1 aromatic carbocycles. The number of thioether (sulfide) groups is 1. The number of amides is 1. The number of carbonyl (C=O) groups excluding carboxylic acids is 1. The highest BCUT2D eigenvalue weighted by molar-refractivity contribution is 8.26. The second-order valence-electron chi connectivity index (χ2n) is 9.99. The van der Waals surface area contributed by atoms with Gasteiger partial charge in [-0.3, -0.25) is 19.1 Å². The number of carbonyl (C=O) groups is 1. The van der Waals surface area contributed by atoms with Crippen LogP contribution in [0.15, 0.2) is 34.0 Å². The lowest BCUT2D eigenvalue weighted by atomic mass is 10.0. The fraction of sp³-hybridized carbons (Fsp3) is 0.467. The molecule has 9 heteroatoms. The number of nitrogens with zero attached hydrogens (tertiary/aromatic N) is 4. The maximum atomic E-state index is 13.6. The molecule has 0 atom stereocenters. The summed E-state index contributed by atoms with van der Waals surface area (Å²) in [5, 5.41) is 9.92. The number of pyridine rings is 1. The third-order valence-corrected chi connectivity index (χ3v) is 8.80. The van der Waals surface area contributed by atoms with E-state index in [9.17, 15) is 14.9 Å². The molecule has 3 heterocycles. The van der Waals surface area contributed by atoms with Crippen LogP contribution in [0.3, 0.4) is 0 Å². The van der Waals surface area contributed by atoms with E-state index in [2.05, 4.69) is 17.9 Å². The van der Waals surface area contributed by atoms with E-state index in [-0.39, 0.29) is 17.0 Å². The van der Waals surface area contributed by atoms with E-state index in [0.29, 0.717) is 34.3 Å². The SMILES string of the molecule is CCCCn1c(N2CCCCCC2)c(/C=C2/SC(=S)N(CCc3ccc(OC)cc3)C2=O)c(C)c(C#N)c1=O. The minimum atomic E-state index is -0.244. The molecule has 0 spiro atoms. The maximum Gasteiger partial charge on any atom is 0.270 e. The molecule has 2 aromatic rings. The monoisotopic (exact) mass is 564 g/mol. The van der Waals surface area contributed by atoms with Gasteiger partial charge in [0, 0.05) is 31.7 Å². The van der Waals surface area contributed by atoms with Crippen molar-refractivity contribution in [3.8, 4) is 11.8 Å². The number of unbranched alkanes of at least 4 members (excludes halogenated alkanes) is 1. The Balaban J connectivity index is 1.72. The van der Waals surface area contributed by atoms with Crippen LogP contribution in [-0.2, 0) is 17.8 Å². The molecule has 0 aliphatic carbocycles. The van der Waals surface area contributed by atoms with Crippen LogP contribution in [0.5, 0.6) is 5.75 Å². The van der Waals surface area contributed by atoms with Crippen molar-refractivity contribution in [2.75, 3.05) is 31.6 Å². The first-order valence-corrected chi connectivity index (χ1v) is 14.9. The van der Waals surface area contributed by atoms with Gasteiger partial charge < -0.3 is 9.64 Å². The zero-order valence-corrected chi connectivity index (χ0v) is 24.6. The highest BCUT2D eigenvalue weighted by Crippen LogP contribution is 2.36. The van der Waals surface area contributed by atoms with E-state index in [1.165, 1.54) is 11.8 Å². The molecule has 2 saturated heterocycles. The molecule has 1 amide bonds. The fourth-order valence-electron chi connectivity index (χ4n) is 5.15.